The smallest absolute Gasteiger partial charge is 0.231 e. The Bertz CT molecular complexity index is 503. The molecular formula is C14H18N2O. The molecule has 0 spiro atoms. The van der Waals surface area contributed by atoms with Crippen LogP contribution in [0.25, 0.3) is 0 Å². The lowest BCUT2D eigenvalue weighted by atomic mass is 10.1. The van der Waals surface area contributed by atoms with Crippen molar-refractivity contribution in [2.75, 3.05) is 7.11 Å². The van der Waals surface area contributed by atoms with E-state index in [1.807, 2.05) is 6.20 Å². The van der Waals surface area contributed by atoms with Crippen LogP contribution >= 0.6 is 0 Å². The van der Waals surface area contributed by atoms with Gasteiger partial charge in [-0.25, -0.2) is 0 Å². The first kappa shape index (κ1) is 11.7. The van der Waals surface area contributed by atoms with E-state index in [9.17, 15) is 0 Å². The Morgan fingerprint density at radius 1 is 1.29 bits per heavy atom. The molecule has 0 unspecified atom stereocenters. The molecule has 0 atom stereocenters. The highest BCUT2D eigenvalue weighted by atomic mass is 16.5. The molecule has 1 aromatic carbocycles. The highest BCUT2D eigenvalue weighted by Crippen LogP contribution is 2.16. The molecule has 1 aromatic heterocycles. The SMILES string of the molecule is CCn1cc(OC)nc1Cc1ccccc1C. The van der Waals surface area contributed by atoms with E-state index in [0.717, 1.165) is 18.8 Å². The normalized spacial score (nSPS) is 10.5. The molecule has 0 radical (unpaired) electrons. The summed E-state index contributed by atoms with van der Waals surface area (Å²) in [6.07, 6.45) is 2.80. The van der Waals surface area contributed by atoms with Gasteiger partial charge in [-0.15, -0.1) is 0 Å². The fraction of sp³-hybridized carbons (Fsp3) is 0.357. The lowest BCUT2D eigenvalue weighted by Gasteiger charge is -2.06. The number of hydrogen-bond donors (Lipinski definition) is 0. The number of rotatable bonds is 4. The van der Waals surface area contributed by atoms with Gasteiger partial charge in [-0.3, -0.25) is 0 Å². The molecule has 0 N–H and O–H groups in total. The van der Waals surface area contributed by atoms with Crippen molar-refractivity contribution in [1.82, 2.24) is 9.55 Å². The number of nitrogens with zero attached hydrogens (tertiary/aromatic N) is 2. The minimum absolute atomic E-state index is 0.690. The maximum Gasteiger partial charge on any atom is 0.231 e. The third kappa shape index (κ3) is 2.49. The Balaban J connectivity index is 2.29. The summed E-state index contributed by atoms with van der Waals surface area (Å²) in [6.45, 7) is 5.16. The summed E-state index contributed by atoms with van der Waals surface area (Å²) in [5, 5.41) is 0. The van der Waals surface area contributed by atoms with Gasteiger partial charge in [0.2, 0.25) is 5.88 Å². The second-order valence-corrected chi connectivity index (χ2v) is 4.09. The first-order chi connectivity index (χ1) is 8.24. The van der Waals surface area contributed by atoms with Crippen LogP contribution in [0.15, 0.2) is 30.5 Å². The summed E-state index contributed by atoms with van der Waals surface area (Å²) >= 11 is 0. The fourth-order valence-electron chi connectivity index (χ4n) is 1.92. The van der Waals surface area contributed by atoms with Crippen LogP contribution in [0, 0.1) is 6.92 Å². The molecule has 0 saturated carbocycles. The lowest BCUT2D eigenvalue weighted by molar-refractivity contribution is 0.399. The van der Waals surface area contributed by atoms with Gasteiger partial charge in [-0.05, 0) is 25.0 Å². The molecule has 0 fully saturated rings. The molecule has 17 heavy (non-hydrogen) atoms. The van der Waals surface area contributed by atoms with Crippen molar-refractivity contribution in [3.05, 3.63) is 47.4 Å². The van der Waals surface area contributed by atoms with E-state index in [1.165, 1.54) is 11.1 Å². The van der Waals surface area contributed by atoms with Gasteiger partial charge in [0, 0.05) is 13.0 Å². The Hall–Kier alpha value is -1.77. The summed E-state index contributed by atoms with van der Waals surface area (Å²) in [5.74, 6) is 1.74. The van der Waals surface area contributed by atoms with E-state index in [1.54, 1.807) is 7.11 Å². The van der Waals surface area contributed by atoms with Crippen LogP contribution < -0.4 is 4.74 Å². The summed E-state index contributed by atoms with van der Waals surface area (Å²) in [6, 6.07) is 8.41. The van der Waals surface area contributed by atoms with Crippen LogP contribution in [-0.4, -0.2) is 16.7 Å². The van der Waals surface area contributed by atoms with Gasteiger partial charge in [0.15, 0.2) is 0 Å². The zero-order chi connectivity index (χ0) is 12.3. The molecule has 0 aliphatic rings. The third-order valence-corrected chi connectivity index (χ3v) is 3.00. The lowest BCUT2D eigenvalue weighted by Crippen LogP contribution is -2.02. The molecular weight excluding hydrogens is 212 g/mol. The summed E-state index contributed by atoms with van der Waals surface area (Å²) in [4.78, 5) is 4.48. The van der Waals surface area contributed by atoms with Crippen molar-refractivity contribution < 1.29 is 4.74 Å². The van der Waals surface area contributed by atoms with E-state index in [0.29, 0.717) is 5.88 Å². The number of benzene rings is 1. The van der Waals surface area contributed by atoms with E-state index in [-0.39, 0.29) is 0 Å². The first-order valence-corrected chi connectivity index (χ1v) is 5.89. The van der Waals surface area contributed by atoms with Gasteiger partial charge in [-0.1, -0.05) is 24.3 Å². The zero-order valence-corrected chi connectivity index (χ0v) is 10.6. The minimum atomic E-state index is 0.690. The predicted octanol–water partition coefficient (Wildman–Crippen LogP) is 2.81. The number of aryl methyl sites for hydroxylation is 2. The maximum absolute atomic E-state index is 5.17. The van der Waals surface area contributed by atoms with Crippen molar-refractivity contribution >= 4 is 0 Å². The van der Waals surface area contributed by atoms with Gasteiger partial charge in [-0.2, -0.15) is 4.98 Å². The second-order valence-electron chi connectivity index (χ2n) is 4.09. The fourth-order valence-corrected chi connectivity index (χ4v) is 1.92. The predicted molar refractivity (Wildman–Crippen MR) is 68.4 cm³/mol. The second kappa shape index (κ2) is 5.04. The molecule has 90 valence electrons. The average molecular weight is 230 g/mol. The maximum atomic E-state index is 5.17. The van der Waals surface area contributed by atoms with Crippen molar-refractivity contribution in [2.45, 2.75) is 26.8 Å². The highest BCUT2D eigenvalue weighted by molar-refractivity contribution is 5.29. The average Bonchev–Trinajstić information content (AvgIpc) is 2.74. The Morgan fingerprint density at radius 3 is 2.71 bits per heavy atom. The van der Waals surface area contributed by atoms with Crippen molar-refractivity contribution in [3.63, 3.8) is 0 Å². The minimum Gasteiger partial charge on any atom is -0.480 e. The molecule has 0 amide bonds. The highest BCUT2D eigenvalue weighted by Gasteiger charge is 2.08. The number of imidazole rings is 1. The molecule has 0 aliphatic heterocycles. The van der Waals surface area contributed by atoms with Crippen LogP contribution in [0.3, 0.4) is 0 Å². The standard InChI is InChI=1S/C14H18N2O/c1-4-16-10-14(17-3)15-13(16)9-12-8-6-5-7-11(12)2/h5-8,10H,4,9H2,1-3H3. The van der Waals surface area contributed by atoms with Crippen molar-refractivity contribution in [1.29, 1.82) is 0 Å². The van der Waals surface area contributed by atoms with E-state index < -0.39 is 0 Å². The zero-order valence-electron chi connectivity index (χ0n) is 10.6. The Kier molecular flexibility index (Phi) is 3.47. The van der Waals surface area contributed by atoms with Crippen LogP contribution in [0.4, 0.5) is 0 Å². The molecule has 3 heteroatoms. The quantitative estimate of drug-likeness (QED) is 0.807. The largest absolute Gasteiger partial charge is 0.480 e. The molecule has 2 rings (SSSR count). The van der Waals surface area contributed by atoms with Crippen LogP contribution in [0.2, 0.25) is 0 Å². The molecule has 0 saturated heterocycles. The van der Waals surface area contributed by atoms with Crippen LogP contribution in [-0.2, 0) is 13.0 Å². The van der Waals surface area contributed by atoms with Gasteiger partial charge < -0.3 is 9.30 Å². The number of methoxy groups -OCH3 is 1. The number of ether oxygens (including phenoxy) is 1. The first-order valence-electron chi connectivity index (χ1n) is 5.89. The Labute approximate surface area is 102 Å². The number of hydrogen-bond acceptors (Lipinski definition) is 2. The van der Waals surface area contributed by atoms with E-state index in [4.69, 9.17) is 4.74 Å². The molecule has 0 aliphatic carbocycles. The summed E-state index contributed by atoms with van der Waals surface area (Å²) < 4.78 is 7.30. The van der Waals surface area contributed by atoms with E-state index >= 15 is 0 Å². The monoisotopic (exact) mass is 230 g/mol. The molecule has 1 heterocycles. The molecule has 3 nitrogen and oxygen atoms in total. The summed E-state index contributed by atoms with van der Waals surface area (Å²) in [7, 11) is 1.65. The van der Waals surface area contributed by atoms with Crippen molar-refractivity contribution in [2.24, 2.45) is 0 Å². The molecule has 0 bridgehead atoms. The van der Waals surface area contributed by atoms with Crippen LogP contribution in [0.1, 0.15) is 23.9 Å². The third-order valence-electron chi connectivity index (χ3n) is 3.00. The Morgan fingerprint density at radius 2 is 2.06 bits per heavy atom. The van der Waals surface area contributed by atoms with Crippen molar-refractivity contribution in [3.8, 4) is 5.88 Å². The topological polar surface area (TPSA) is 27.1 Å². The summed E-state index contributed by atoms with van der Waals surface area (Å²) in [5.41, 5.74) is 2.62. The number of aromatic nitrogens is 2. The van der Waals surface area contributed by atoms with Gasteiger partial charge in [0.25, 0.3) is 0 Å². The van der Waals surface area contributed by atoms with E-state index in [2.05, 4.69) is 47.7 Å². The molecule has 2 aromatic rings. The van der Waals surface area contributed by atoms with Gasteiger partial charge in [0.1, 0.15) is 5.82 Å². The van der Waals surface area contributed by atoms with Gasteiger partial charge in [0.05, 0.1) is 13.3 Å². The van der Waals surface area contributed by atoms with Crippen LogP contribution in [0.5, 0.6) is 5.88 Å². The van der Waals surface area contributed by atoms with Gasteiger partial charge >= 0.3 is 0 Å².